The number of anilines is 1. The Kier molecular flexibility index (Phi) is 9.82. The van der Waals surface area contributed by atoms with Crippen molar-refractivity contribution in [2.24, 2.45) is 0 Å². The maximum atomic E-state index is 3.69. The van der Waals surface area contributed by atoms with Gasteiger partial charge >= 0.3 is 0 Å². The van der Waals surface area contributed by atoms with E-state index in [0.29, 0.717) is 0 Å². The van der Waals surface area contributed by atoms with E-state index in [-0.39, 0.29) is 0 Å². The Hall–Kier alpha value is -0.500. The van der Waals surface area contributed by atoms with Crippen LogP contribution in [0.5, 0.6) is 0 Å². The van der Waals surface area contributed by atoms with Gasteiger partial charge in [-0.15, -0.1) is 0 Å². The molecule has 1 nitrogen and oxygen atoms in total. The van der Waals surface area contributed by atoms with E-state index >= 15 is 0 Å². The van der Waals surface area contributed by atoms with Crippen LogP contribution in [0.25, 0.3) is 0 Å². The van der Waals surface area contributed by atoms with E-state index in [1.165, 1.54) is 73.5 Å². The molecule has 0 radical (unpaired) electrons. The molecule has 0 aliphatic heterocycles. The lowest BCUT2D eigenvalue weighted by atomic mass is 10.1. The number of aryl methyl sites for hydroxylation is 1. The molecule has 0 saturated carbocycles. The van der Waals surface area contributed by atoms with Crippen molar-refractivity contribution in [3.05, 3.63) is 28.2 Å². The molecule has 0 aliphatic rings. The molecular formula is C18H30BrN. The van der Waals surface area contributed by atoms with E-state index in [1.807, 2.05) is 0 Å². The third-order valence-corrected chi connectivity index (χ3v) is 4.35. The predicted molar refractivity (Wildman–Crippen MR) is 94.6 cm³/mol. The summed E-state index contributed by atoms with van der Waals surface area (Å²) in [5, 5.41) is 3.53. The van der Waals surface area contributed by atoms with Crippen LogP contribution in [0, 0.1) is 0 Å². The summed E-state index contributed by atoms with van der Waals surface area (Å²) in [7, 11) is 0. The molecule has 1 aromatic rings. The van der Waals surface area contributed by atoms with E-state index in [4.69, 9.17) is 0 Å². The van der Waals surface area contributed by atoms with Crippen LogP contribution in [-0.2, 0) is 6.42 Å². The lowest BCUT2D eigenvalue weighted by Crippen LogP contribution is -2.02. The van der Waals surface area contributed by atoms with Gasteiger partial charge in [-0.2, -0.15) is 0 Å². The zero-order valence-corrected chi connectivity index (χ0v) is 14.8. The van der Waals surface area contributed by atoms with Crippen molar-refractivity contribution in [2.45, 2.75) is 71.6 Å². The normalized spacial score (nSPS) is 10.8. The summed E-state index contributed by atoms with van der Waals surface area (Å²) in [5.41, 5.74) is 2.68. The predicted octanol–water partition coefficient (Wildman–Crippen LogP) is 6.56. The first-order chi connectivity index (χ1) is 9.77. The molecule has 0 amide bonds. The second kappa shape index (κ2) is 11.2. The van der Waals surface area contributed by atoms with Crippen LogP contribution in [0.3, 0.4) is 0 Å². The molecule has 1 rings (SSSR count). The lowest BCUT2D eigenvalue weighted by molar-refractivity contribution is 0.666. The van der Waals surface area contributed by atoms with Crippen molar-refractivity contribution in [1.29, 1.82) is 0 Å². The molecule has 0 bridgehead atoms. The van der Waals surface area contributed by atoms with Crippen LogP contribution in [0.15, 0.2) is 22.7 Å². The second-order valence-corrected chi connectivity index (χ2v) is 6.47. The van der Waals surface area contributed by atoms with Gasteiger partial charge in [0.2, 0.25) is 0 Å². The van der Waals surface area contributed by atoms with Gasteiger partial charge < -0.3 is 5.32 Å². The largest absolute Gasteiger partial charge is 0.384 e. The molecule has 0 aliphatic carbocycles. The Morgan fingerprint density at radius 3 is 2.25 bits per heavy atom. The van der Waals surface area contributed by atoms with Gasteiger partial charge in [-0.25, -0.2) is 0 Å². The third kappa shape index (κ3) is 7.33. The summed E-state index contributed by atoms with van der Waals surface area (Å²) in [6.07, 6.45) is 11.8. The van der Waals surface area contributed by atoms with Gasteiger partial charge in [-0.1, -0.05) is 58.4 Å². The second-order valence-electron chi connectivity index (χ2n) is 5.61. The smallest absolute Gasteiger partial charge is 0.0484 e. The SMILES string of the molecule is CCCCCCNc1ccc(CCCCCC)cc1Br. The topological polar surface area (TPSA) is 12.0 Å². The summed E-state index contributed by atoms with van der Waals surface area (Å²) >= 11 is 3.69. The molecule has 114 valence electrons. The summed E-state index contributed by atoms with van der Waals surface area (Å²) in [6.45, 7) is 5.59. The van der Waals surface area contributed by atoms with Gasteiger partial charge in [-0.3, -0.25) is 0 Å². The summed E-state index contributed by atoms with van der Waals surface area (Å²) in [6, 6.07) is 6.77. The van der Waals surface area contributed by atoms with Crippen LogP contribution in [0.2, 0.25) is 0 Å². The highest BCUT2D eigenvalue weighted by molar-refractivity contribution is 9.10. The monoisotopic (exact) mass is 339 g/mol. The number of halogens is 1. The van der Waals surface area contributed by atoms with Crippen LogP contribution in [0.1, 0.15) is 70.8 Å². The first-order valence-corrected chi connectivity index (χ1v) is 9.09. The average molecular weight is 340 g/mol. The highest BCUT2D eigenvalue weighted by Crippen LogP contribution is 2.24. The minimum atomic E-state index is 1.08. The fourth-order valence-electron chi connectivity index (χ4n) is 2.39. The summed E-state index contributed by atoms with van der Waals surface area (Å²) < 4.78 is 1.21. The molecular weight excluding hydrogens is 310 g/mol. The van der Waals surface area contributed by atoms with Gasteiger partial charge in [-0.05, 0) is 52.9 Å². The number of nitrogens with one attached hydrogen (secondary N) is 1. The van der Waals surface area contributed by atoms with Crippen molar-refractivity contribution in [3.8, 4) is 0 Å². The van der Waals surface area contributed by atoms with Crippen molar-refractivity contribution in [2.75, 3.05) is 11.9 Å². The Balaban J connectivity index is 2.31. The Morgan fingerprint density at radius 2 is 1.60 bits per heavy atom. The maximum absolute atomic E-state index is 3.69. The molecule has 0 unspecified atom stereocenters. The first kappa shape index (κ1) is 17.6. The number of hydrogen-bond acceptors (Lipinski definition) is 1. The van der Waals surface area contributed by atoms with Gasteiger partial charge in [0, 0.05) is 16.7 Å². The van der Waals surface area contributed by atoms with Crippen molar-refractivity contribution >= 4 is 21.6 Å². The third-order valence-electron chi connectivity index (χ3n) is 3.70. The Morgan fingerprint density at radius 1 is 0.900 bits per heavy atom. The zero-order chi connectivity index (χ0) is 14.6. The van der Waals surface area contributed by atoms with Gasteiger partial charge in [0.1, 0.15) is 0 Å². The molecule has 0 fully saturated rings. The fraction of sp³-hybridized carbons (Fsp3) is 0.667. The van der Waals surface area contributed by atoms with Gasteiger partial charge in [0.05, 0.1) is 0 Å². The molecule has 0 heterocycles. The van der Waals surface area contributed by atoms with Crippen LogP contribution < -0.4 is 5.32 Å². The van der Waals surface area contributed by atoms with Gasteiger partial charge in [0.25, 0.3) is 0 Å². The molecule has 2 heteroatoms. The maximum Gasteiger partial charge on any atom is 0.0484 e. The van der Waals surface area contributed by atoms with Crippen LogP contribution in [0.4, 0.5) is 5.69 Å². The number of rotatable bonds is 11. The van der Waals surface area contributed by atoms with Crippen LogP contribution >= 0.6 is 15.9 Å². The molecule has 0 saturated heterocycles. The molecule has 1 N–H and O–H groups in total. The fourth-order valence-corrected chi connectivity index (χ4v) is 2.95. The van der Waals surface area contributed by atoms with E-state index in [0.717, 1.165) is 6.54 Å². The molecule has 1 aromatic carbocycles. The van der Waals surface area contributed by atoms with E-state index in [9.17, 15) is 0 Å². The van der Waals surface area contributed by atoms with E-state index in [2.05, 4.69) is 53.3 Å². The van der Waals surface area contributed by atoms with Gasteiger partial charge in [0.15, 0.2) is 0 Å². The summed E-state index contributed by atoms with van der Waals surface area (Å²) in [5.74, 6) is 0. The number of benzene rings is 1. The zero-order valence-electron chi connectivity index (χ0n) is 13.2. The molecule has 0 spiro atoms. The molecule has 20 heavy (non-hydrogen) atoms. The molecule has 0 atom stereocenters. The molecule has 0 aromatic heterocycles. The quantitative estimate of drug-likeness (QED) is 0.450. The van der Waals surface area contributed by atoms with Crippen molar-refractivity contribution in [3.63, 3.8) is 0 Å². The lowest BCUT2D eigenvalue weighted by Gasteiger charge is -2.10. The van der Waals surface area contributed by atoms with Crippen molar-refractivity contribution < 1.29 is 0 Å². The Bertz CT molecular complexity index is 362. The number of unbranched alkanes of at least 4 members (excludes halogenated alkanes) is 6. The van der Waals surface area contributed by atoms with Crippen LogP contribution in [-0.4, -0.2) is 6.54 Å². The minimum absolute atomic E-state index is 1.08. The summed E-state index contributed by atoms with van der Waals surface area (Å²) in [4.78, 5) is 0. The first-order valence-electron chi connectivity index (χ1n) is 8.30. The van der Waals surface area contributed by atoms with E-state index in [1.54, 1.807) is 0 Å². The number of hydrogen-bond donors (Lipinski definition) is 1. The minimum Gasteiger partial charge on any atom is -0.384 e. The van der Waals surface area contributed by atoms with E-state index < -0.39 is 0 Å². The Labute approximate surface area is 133 Å². The average Bonchev–Trinajstić information content (AvgIpc) is 2.45. The highest BCUT2D eigenvalue weighted by Gasteiger charge is 2.01. The highest BCUT2D eigenvalue weighted by atomic mass is 79.9. The standard InChI is InChI=1S/C18H30BrN/c1-3-5-7-9-11-16-12-13-18(17(19)15-16)20-14-10-8-6-4-2/h12-13,15,20H,3-11,14H2,1-2H3. The van der Waals surface area contributed by atoms with Crippen molar-refractivity contribution in [1.82, 2.24) is 0 Å².